The van der Waals surface area contributed by atoms with Crippen LogP contribution in [0.2, 0.25) is 0 Å². The first-order valence-electron chi connectivity index (χ1n) is 11.2. The number of esters is 2. The fourth-order valence-corrected chi connectivity index (χ4v) is 4.70. The highest BCUT2D eigenvalue weighted by Gasteiger charge is 2.52. The average Bonchev–Trinajstić information content (AvgIpc) is 2.88. The number of methoxy groups -OCH3 is 1. The molecule has 0 heterocycles. The summed E-state index contributed by atoms with van der Waals surface area (Å²) in [4.78, 5) is 26.2. The zero-order valence-electron chi connectivity index (χ0n) is 19.2. The molecule has 0 saturated heterocycles. The fraction of sp³-hybridized carbons (Fsp3) is 0.207. The zero-order chi connectivity index (χ0) is 24.1. The van der Waals surface area contributed by atoms with E-state index in [0.717, 1.165) is 32.7 Å². The molecule has 0 aromatic heterocycles. The maximum atomic E-state index is 13.6. The first kappa shape index (κ1) is 23.0. The molecule has 4 aromatic rings. The molecule has 0 aliphatic rings. The van der Waals surface area contributed by atoms with Crippen molar-refractivity contribution in [1.82, 2.24) is 0 Å². The van der Waals surface area contributed by atoms with Crippen molar-refractivity contribution in [3.63, 3.8) is 0 Å². The molecule has 0 aliphatic carbocycles. The van der Waals surface area contributed by atoms with Gasteiger partial charge in [-0.15, -0.1) is 0 Å². The van der Waals surface area contributed by atoms with Gasteiger partial charge >= 0.3 is 11.9 Å². The van der Waals surface area contributed by atoms with Crippen LogP contribution in [0.1, 0.15) is 30.4 Å². The first-order chi connectivity index (χ1) is 16.6. The molecule has 4 aromatic carbocycles. The molecule has 0 fully saturated rings. The fourth-order valence-electron chi connectivity index (χ4n) is 4.70. The molecule has 1 atom stereocenters. The minimum Gasteiger partial charge on any atom is -0.469 e. The standard InChI is InChI=1S/C29H25NO4/c1-3-34-28(32)29(19-30,18-26(31)33-2)27(24-16-8-12-20-10-4-6-14-22(20)24)25-17-9-13-21-11-5-7-15-23(21)25/h4-17,27H,3,18H2,1-2H3. The number of hydrogen-bond donors (Lipinski definition) is 0. The summed E-state index contributed by atoms with van der Waals surface area (Å²) in [5.74, 6) is -2.18. The van der Waals surface area contributed by atoms with Gasteiger partial charge in [-0.25, -0.2) is 0 Å². The maximum absolute atomic E-state index is 13.6. The average molecular weight is 452 g/mol. The Labute approximate surface area is 198 Å². The molecule has 0 bridgehead atoms. The Hall–Kier alpha value is -4.17. The largest absolute Gasteiger partial charge is 0.469 e. The second kappa shape index (κ2) is 9.76. The van der Waals surface area contributed by atoms with E-state index >= 15 is 0 Å². The van der Waals surface area contributed by atoms with Crippen LogP contribution in [0.3, 0.4) is 0 Å². The lowest BCUT2D eigenvalue weighted by atomic mass is 9.66. The van der Waals surface area contributed by atoms with Crippen LogP contribution >= 0.6 is 0 Å². The van der Waals surface area contributed by atoms with Crippen LogP contribution in [-0.4, -0.2) is 25.7 Å². The maximum Gasteiger partial charge on any atom is 0.328 e. The van der Waals surface area contributed by atoms with Gasteiger partial charge in [-0.3, -0.25) is 9.59 Å². The Bertz CT molecular complexity index is 1310. The van der Waals surface area contributed by atoms with Gasteiger partial charge in [0.15, 0.2) is 5.41 Å². The van der Waals surface area contributed by atoms with Crippen molar-refractivity contribution in [3.05, 3.63) is 96.1 Å². The lowest BCUT2D eigenvalue weighted by molar-refractivity contribution is -0.158. The molecular formula is C29H25NO4. The summed E-state index contributed by atoms with van der Waals surface area (Å²) < 4.78 is 10.4. The summed E-state index contributed by atoms with van der Waals surface area (Å²) in [7, 11) is 1.25. The molecule has 170 valence electrons. The molecule has 0 N–H and O–H groups in total. The van der Waals surface area contributed by atoms with E-state index in [1.54, 1.807) is 6.92 Å². The molecular weight excluding hydrogens is 426 g/mol. The van der Waals surface area contributed by atoms with Crippen molar-refractivity contribution in [2.24, 2.45) is 5.41 Å². The van der Waals surface area contributed by atoms with Gasteiger partial charge < -0.3 is 9.47 Å². The summed E-state index contributed by atoms with van der Waals surface area (Å²) >= 11 is 0. The highest BCUT2D eigenvalue weighted by molar-refractivity contribution is 5.95. The first-order valence-corrected chi connectivity index (χ1v) is 11.2. The Morgan fingerprint density at radius 3 is 1.82 bits per heavy atom. The molecule has 0 aliphatic heterocycles. The van der Waals surface area contributed by atoms with Gasteiger partial charge in [0.05, 0.1) is 26.2 Å². The minimum absolute atomic E-state index is 0.0846. The second-order valence-corrected chi connectivity index (χ2v) is 8.13. The molecule has 0 spiro atoms. The van der Waals surface area contributed by atoms with Crippen LogP contribution in [0.15, 0.2) is 84.9 Å². The van der Waals surface area contributed by atoms with Crippen molar-refractivity contribution in [1.29, 1.82) is 5.26 Å². The Balaban J connectivity index is 2.12. The highest BCUT2D eigenvalue weighted by atomic mass is 16.5. The van der Waals surface area contributed by atoms with Gasteiger partial charge in [0.2, 0.25) is 0 Å². The number of hydrogen-bond acceptors (Lipinski definition) is 5. The van der Waals surface area contributed by atoms with Crippen molar-refractivity contribution < 1.29 is 19.1 Å². The van der Waals surface area contributed by atoms with Crippen LogP contribution < -0.4 is 0 Å². The van der Waals surface area contributed by atoms with Crippen molar-refractivity contribution >= 4 is 33.5 Å². The molecule has 5 heteroatoms. The van der Waals surface area contributed by atoms with E-state index in [1.165, 1.54) is 7.11 Å². The van der Waals surface area contributed by atoms with E-state index in [0.29, 0.717) is 0 Å². The normalized spacial score (nSPS) is 12.8. The van der Waals surface area contributed by atoms with E-state index in [9.17, 15) is 14.9 Å². The van der Waals surface area contributed by atoms with E-state index in [2.05, 4.69) is 6.07 Å². The molecule has 1 unspecified atom stereocenters. The van der Waals surface area contributed by atoms with Gasteiger partial charge in [-0.1, -0.05) is 84.9 Å². The zero-order valence-corrected chi connectivity index (χ0v) is 19.2. The molecule has 5 nitrogen and oxygen atoms in total. The van der Waals surface area contributed by atoms with E-state index < -0.39 is 29.7 Å². The molecule has 0 amide bonds. The van der Waals surface area contributed by atoms with Crippen molar-refractivity contribution in [2.75, 3.05) is 13.7 Å². The number of fused-ring (bicyclic) bond motifs is 2. The molecule has 0 saturated carbocycles. The van der Waals surface area contributed by atoms with Crippen LogP contribution in [-0.2, 0) is 19.1 Å². The quantitative estimate of drug-likeness (QED) is 0.334. The predicted molar refractivity (Wildman–Crippen MR) is 131 cm³/mol. The number of nitrogens with zero attached hydrogens (tertiary/aromatic N) is 1. The number of nitriles is 1. The van der Waals surface area contributed by atoms with E-state index in [4.69, 9.17) is 9.47 Å². The summed E-state index contributed by atoms with van der Waals surface area (Å²) in [5, 5.41) is 14.3. The van der Waals surface area contributed by atoms with Crippen LogP contribution in [0, 0.1) is 16.7 Å². The Kier molecular flexibility index (Phi) is 6.60. The minimum atomic E-state index is -1.84. The van der Waals surface area contributed by atoms with Gasteiger partial charge in [-0.2, -0.15) is 5.26 Å². The Morgan fingerprint density at radius 2 is 1.35 bits per heavy atom. The monoisotopic (exact) mass is 451 g/mol. The van der Waals surface area contributed by atoms with E-state index in [1.807, 2.05) is 84.9 Å². The van der Waals surface area contributed by atoms with Crippen molar-refractivity contribution in [3.8, 4) is 6.07 Å². The number of carbonyl (C=O) groups is 2. The third-order valence-corrected chi connectivity index (χ3v) is 6.25. The Morgan fingerprint density at radius 1 is 0.853 bits per heavy atom. The van der Waals surface area contributed by atoms with Gasteiger partial charge in [-0.05, 0) is 39.6 Å². The van der Waals surface area contributed by atoms with Gasteiger partial charge in [0.1, 0.15) is 0 Å². The predicted octanol–water partition coefficient (Wildman–Crippen LogP) is 5.76. The van der Waals surface area contributed by atoms with Crippen LogP contribution in [0.25, 0.3) is 21.5 Å². The van der Waals surface area contributed by atoms with Gasteiger partial charge in [0.25, 0.3) is 0 Å². The van der Waals surface area contributed by atoms with Gasteiger partial charge in [0, 0.05) is 5.92 Å². The summed E-state index contributed by atoms with van der Waals surface area (Å²) in [6.45, 7) is 1.77. The summed E-state index contributed by atoms with van der Waals surface area (Å²) in [6.07, 6.45) is -0.435. The molecule has 4 rings (SSSR count). The number of carbonyl (C=O) groups excluding carboxylic acids is 2. The van der Waals surface area contributed by atoms with Crippen LogP contribution in [0.5, 0.6) is 0 Å². The molecule has 0 radical (unpaired) electrons. The molecule has 34 heavy (non-hydrogen) atoms. The topological polar surface area (TPSA) is 76.4 Å². The van der Waals surface area contributed by atoms with Crippen LogP contribution in [0.4, 0.5) is 0 Å². The third kappa shape index (κ3) is 3.99. The number of ether oxygens (including phenoxy) is 2. The number of benzene rings is 4. The van der Waals surface area contributed by atoms with E-state index in [-0.39, 0.29) is 6.61 Å². The smallest absolute Gasteiger partial charge is 0.328 e. The lowest BCUT2D eigenvalue weighted by Gasteiger charge is -2.34. The third-order valence-electron chi connectivity index (χ3n) is 6.25. The lowest BCUT2D eigenvalue weighted by Crippen LogP contribution is -2.40. The SMILES string of the molecule is CCOC(=O)C(C#N)(CC(=O)OC)C(c1cccc2ccccc12)c1cccc2ccccc12. The highest BCUT2D eigenvalue weighted by Crippen LogP contribution is 2.48. The summed E-state index contributed by atoms with van der Waals surface area (Å²) in [6, 6.07) is 29.4. The number of rotatable bonds is 7. The summed E-state index contributed by atoms with van der Waals surface area (Å²) in [5.41, 5.74) is -0.293. The van der Waals surface area contributed by atoms with Crippen molar-refractivity contribution in [2.45, 2.75) is 19.3 Å². The second-order valence-electron chi connectivity index (χ2n) is 8.13.